The monoisotopic (exact) mass is 312 g/mol. The van der Waals surface area contributed by atoms with Gasteiger partial charge in [0.2, 0.25) is 10.0 Å². The average molecular weight is 312 g/mol. The van der Waals surface area contributed by atoms with Gasteiger partial charge in [-0.25, -0.2) is 13.4 Å². The second kappa shape index (κ2) is 5.90. The standard InChI is InChI=1S/C14H24N4O2S/c1-14(2,3)16-13-6-5-12(11-15-13)21(19,20)18-9-7-17(4)8-10-18/h5-6,11H,7-10H2,1-4H3,(H,15,16). The van der Waals surface area contributed by atoms with Crippen LogP contribution >= 0.6 is 0 Å². The summed E-state index contributed by atoms with van der Waals surface area (Å²) in [4.78, 5) is 6.59. The van der Waals surface area contributed by atoms with Crippen LogP contribution in [0.1, 0.15) is 20.8 Å². The molecule has 2 heterocycles. The summed E-state index contributed by atoms with van der Waals surface area (Å²) in [5, 5.41) is 3.22. The Labute approximate surface area is 127 Å². The van der Waals surface area contributed by atoms with Gasteiger partial charge >= 0.3 is 0 Å². The number of nitrogens with zero attached hydrogens (tertiary/aromatic N) is 3. The van der Waals surface area contributed by atoms with Crippen molar-refractivity contribution in [1.29, 1.82) is 0 Å². The van der Waals surface area contributed by atoms with Gasteiger partial charge in [0, 0.05) is 37.9 Å². The maximum Gasteiger partial charge on any atom is 0.244 e. The van der Waals surface area contributed by atoms with Gasteiger partial charge in [0.1, 0.15) is 10.7 Å². The van der Waals surface area contributed by atoms with Crippen molar-refractivity contribution >= 4 is 15.8 Å². The van der Waals surface area contributed by atoms with Gasteiger partial charge in [-0.2, -0.15) is 4.31 Å². The first-order valence-corrected chi connectivity index (χ1v) is 8.55. The fourth-order valence-corrected chi connectivity index (χ4v) is 3.54. The van der Waals surface area contributed by atoms with Crippen LogP contribution in [0.5, 0.6) is 0 Å². The Morgan fingerprint density at radius 2 is 1.76 bits per heavy atom. The lowest BCUT2D eigenvalue weighted by Crippen LogP contribution is -2.47. The Kier molecular flexibility index (Phi) is 4.55. The fraction of sp³-hybridized carbons (Fsp3) is 0.643. The molecule has 118 valence electrons. The number of piperazine rings is 1. The van der Waals surface area contributed by atoms with E-state index in [9.17, 15) is 8.42 Å². The lowest BCUT2D eigenvalue weighted by atomic mass is 10.1. The van der Waals surface area contributed by atoms with Gasteiger partial charge in [-0.05, 0) is 40.0 Å². The molecule has 1 aromatic heterocycles. The number of sulfonamides is 1. The SMILES string of the molecule is CN1CCN(S(=O)(=O)c2ccc(NC(C)(C)C)nc2)CC1. The van der Waals surface area contributed by atoms with Crippen molar-refractivity contribution in [2.45, 2.75) is 31.2 Å². The van der Waals surface area contributed by atoms with E-state index in [4.69, 9.17) is 0 Å². The highest BCUT2D eigenvalue weighted by atomic mass is 32.2. The highest BCUT2D eigenvalue weighted by Crippen LogP contribution is 2.19. The molecular weight excluding hydrogens is 288 g/mol. The van der Waals surface area contributed by atoms with E-state index in [1.807, 2.05) is 27.8 Å². The average Bonchev–Trinajstić information content (AvgIpc) is 2.38. The number of nitrogens with one attached hydrogen (secondary N) is 1. The number of likely N-dealkylation sites (N-methyl/N-ethyl adjacent to an activating group) is 1. The van der Waals surface area contributed by atoms with E-state index in [1.54, 1.807) is 12.1 Å². The molecule has 0 aliphatic carbocycles. The molecule has 21 heavy (non-hydrogen) atoms. The van der Waals surface area contributed by atoms with Crippen LogP contribution in [0.15, 0.2) is 23.2 Å². The molecule has 0 bridgehead atoms. The van der Waals surface area contributed by atoms with Crippen LogP contribution in [-0.4, -0.2) is 61.4 Å². The summed E-state index contributed by atoms with van der Waals surface area (Å²) in [5.41, 5.74) is -0.106. The molecular formula is C14H24N4O2S. The summed E-state index contributed by atoms with van der Waals surface area (Å²) in [6.45, 7) is 8.67. The Balaban J connectivity index is 2.14. The van der Waals surface area contributed by atoms with Crippen molar-refractivity contribution < 1.29 is 8.42 Å². The molecule has 1 saturated heterocycles. The third-order valence-corrected chi connectivity index (χ3v) is 5.22. The van der Waals surface area contributed by atoms with Crippen molar-refractivity contribution in [2.24, 2.45) is 0 Å². The topological polar surface area (TPSA) is 65.5 Å². The highest BCUT2D eigenvalue weighted by molar-refractivity contribution is 7.89. The molecule has 0 atom stereocenters. The Morgan fingerprint density at radius 3 is 2.24 bits per heavy atom. The first kappa shape index (κ1) is 16.2. The lowest BCUT2D eigenvalue weighted by Gasteiger charge is -2.31. The number of hydrogen-bond acceptors (Lipinski definition) is 5. The minimum Gasteiger partial charge on any atom is -0.365 e. The predicted octanol–water partition coefficient (Wildman–Crippen LogP) is 1.23. The van der Waals surface area contributed by atoms with Gasteiger partial charge in [0.25, 0.3) is 0 Å². The van der Waals surface area contributed by atoms with Crippen molar-refractivity contribution in [3.8, 4) is 0 Å². The van der Waals surface area contributed by atoms with Crippen molar-refractivity contribution in [1.82, 2.24) is 14.2 Å². The smallest absolute Gasteiger partial charge is 0.244 e. The molecule has 0 amide bonds. The van der Waals surface area contributed by atoms with E-state index in [-0.39, 0.29) is 10.4 Å². The maximum atomic E-state index is 12.5. The Bertz CT molecular complexity index is 570. The molecule has 1 aliphatic heterocycles. The molecule has 7 heteroatoms. The van der Waals surface area contributed by atoms with Crippen LogP contribution in [0.25, 0.3) is 0 Å². The van der Waals surface area contributed by atoms with Crippen LogP contribution in [0.2, 0.25) is 0 Å². The molecule has 0 radical (unpaired) electrons. The van der Waals surface area contributed by atoms with Crippen LogP contribution < -0.4 is 5.32 Å². The molecule has 0 spiro atoms. The Morgan fingerprint density at radius 1 is 1.14 bits per heavy atom. The molecule has 1 fully saturated rings. The highest BCUT2D eigenvalue weighted by Gasteiger charge is 2.27. The van der Waals surface area contributed by atoms with E-state index in [2.05, 4.69) is 15.2 Å². The van der Waals surface area contributed by atoms with Crippen molar-refractivity contribution in [3.63, 3.8) is 0 Å². The second-order valence-electron chi connectivity index (χ2n) is 6.46. The van der Waals surface area contributed by atoms with Crippen LogP contribution in [0, 0.1) is 0 Å². The summed E-state index contributed by atoms with van der Waals surface area (Å²) in [6.07, 6.45) is 1.43. The maximum absolute atomic E-state index is 12.5. The summed E-state index contributed by atoms with van der Waals surface area (Å²) >= 11 is 0. The molecule has 0 aromatic carbocycles. The zero-order valence-corrected chi connectivity index (χ0v) is 13.9. The minimum absolute atomic E-state index is 0.106. The summed E-state index contributed by atoms with van der Waals surface area (Å²) in [6, 6.07) is 3.34. The first-order chi connectivity index (χ1) is 9.68. The van der Waals surface area contributed by atoms with Gasteiger partial charge in [-0.3, -0.25) is 0 Å². The number of anilines is 1. The van der Waals surface area contributed by atoms with E-state index >= 15 is 0 Å². The van der Waals surface area contributed by atoms with E-state index in [0.717, 1.165) is 13.1 Å². The summed E-state index contributed by atoms with van der Waals surface area (Å²) in [7, 11) is -1.43. The quantitative estimate of drug-likeness (QED) is 0.909. The number of pyridine rings is 1. The largest absolute Gasteiger partial charge is 0.365 e. The third kappa shape index (κ3) is 4.15. The Hall–Kier alpha value is -1.18. The lowest BCUT2D eigenvalue weighted by molar-refractivity contribution is 0.222. The molecule has 6 nitrogen and oxygen atoms in total. The molecule has 1 aliphatic rings. The van der Waals surface area contributed by atoms with Gasteiger partial charge in [-0.1, -0.05) is 0 Å². The molecule has 2 rings (SSSR count). The van der Waals surface area contributed by atoms with E-state index in [1.165, 1.54) is 10.5 Å². The summed E-state index contributed by atoms with van der Waals surface area (Å²) in [5.74, 6) is 0.680. The van der Waals surface area contributed by atoms with Crippen LogP contribution in [-0.2, 0) is 10.0 Å². The fourth-order valence-electron chi connectivity index (χ4n) is 2.17. The number of hydrogen-bond donors (Lipinski definition) is 1. The zero-order valence-electron chi connectivity index (χ0n) is 13.1. The van der Waals surface area contributed by atoms with Gasteiger partial charge in [-0.15, -0.1) is 0 Å². The van der Waals surface area contributed by atoms with Crippen molar-refractivity contribution in [2.75, 3.05) is 38.5 Å². The third-order valence-electron chi connectivity index (χ3n) is 3.34. The molecule has 0 unspecified atom stereocenters. The predicted molar refractivity (Wildman–Crippen MR) is 83.9 cm³/mol. The minimum atomic E-state index is -3.43. The van der Waals surface area contributed by atoms with Gasteiger partial charge in [0.15, 0.2) is 0 Å². The number of rotatable bonds is 3. The number of aromatic nitrogens is 1. The molecule has 1 N–H and O–H groups in total. The molecule has 0 saturated carbocycles. The van der Waals surface area contributed by atoms with E-state index < -0.39 is 10.0 Å². The van der Waals surface area contributed by atoms with Crippen LogP contribution in [0.3, 0.4) is 0 Å². The summed E-state index contributed by atoms with van der Waals surface area (Å²) < 4.78 is 26.6. The second-order valence-corrected chi connectivity index (χ2v) is 8.40. The zero-order chi connectivity index (χ0) is 15.7. The first-order valence-electron chi connectivity index (χ1n) is 7.11. The normalized spacial score (nSPS) is 18.7. The van der Waals surface area contributed by atoms with Gasteiger partial charge < -0.3 is 10.2 Å². The van der Waals surface area contributed by atoms with Gasteiger partial charge in [0.05, 0.1) is 0 Å². The van der Waals surface area contributed by atoms with Crippen LogP contribution in [0.4, 0.5) is 5.82 Å². The van der Waals surface area contributed by atoms with E-state index in [0.29, 0.717) is 18.9 Å². The van der Waals surface area contributed by atoms with Crippen molar-refractivity contribution in [3.05, 3.63) is 18.3 Å². The molecule has 1 aromatic rings.